The van der Waals surface area contributed by atoms with Crippen LogP contribution in [-0.4, -0.2) is 31.3 Å². The van der Waals surface area contributed by atoms with E-state index in [1.54, 1.807) is 12.3 Å². The maximum atomic E-state index is 12.4. The van der Waals surface area contributed by atoms with E-state index < -0.39 is 5.54 Å². The van der Waals surface area contributed by atoms with Gasteiger partial charge < -0.3 is 15.6 Å². The molecule has 1 unspecified atom stereocenters. The maximum Gasteiger partial charge on any atom is 0.275 e. The van der Waals surface area contributed by atoms with E-state index in [1.165, 1.54) is 12.4 Å². The Labute approximate surface area is 160 Å². The smallest absolute Gasteiger partial charge is 0.275 e. The number of benzene rings is 1. The second kappa shape index (κ2) is 6.48. The minimum atomic E-state index is -0.571. The fraction of sp³-hybridized carbons (Fsp3) is 0.167. The lowest BCUT2D eigenvalue weighted by atomic mass is 9.91. The summed E-state index contributed by atoms with van der Waals surface area (Å²) >= 11 is 5.70. The van der Waals surface area contributed by atoms with Crippen molar-refractivity contribution in [1.82, 2.24) is 19.5 Å². The van der Waals surface area contributed by atoms with Crippen LogP contribution in [0, 0.1) is 0 Å². The van der Waals surface area contributed by atoms with E-state index in [-0.39, 0.29) is 16.8 Å². The highest BCUT2D eigenvalue weighted by Gasteiger charge is 2.32. The topological polar surface area (TPSA) is 111 Å². The molecule has 1 aromatic carbocycles. The number of aliphatic imine (C=N–C) groups is 1. The van der Waals surface area contributed by atoms with Crippen LogP contribution in [0.4, 0.5) is 5.69 Å². The van der Waals surface area contributed by atoms with E-state index in [9.17, 15) is 4.79 Å². The number of imidazole rings is 1. The fourth-order valence-electron chi connectivity index (χ4n) is 3.07. The Kier molecular flexibility index (Phi) is 4.12. The summed E-state index contributed by atoms with van der Waals surface area (Å²) in [6.45, 7) is 2.59. The minimum Gasteiger partial charge on any atom is -0.381 e. The van der Waals surface area contributed by atoms with Crippen molar-refractivity contribution in [2.75, 3.05) is 5.32 Å². The number of carbonyl (C=O) groups excluding carboxylic acids is 1. The highest BCUT2D eigenvalue weighted by Crippen LogP contribution is 2.32. The van der Waals surface area contributed by atoms with Crippen LogP contribution in [0.1, 0.15) is 28.8 Å². The molecule has 0 saturated heterocycles. The van der Waals surface area contributed by atoms with Gasteiger partial charge in [-0.1, -0.05) is 23.7 Å². The first-order valence-corrected chi connectivity index (χ1v) is 8.59. The molecule has 4 rings (SSSR count). The van der Waals surface area contributed by atoms with Crippen LogP contribution >= 0.6 is 11.6 Å². The maximum absolute atomic E-state index is 12.4. The van der Waals surface area contributed by atoms with Gasteiger partial charge in [-0.05, 0) is 24.6 Å². The molecule has 2 aromatic heterocycles. The number of rotatable bonds is 3. The molecule has 3 heterocycles. The normalized spacial score (nSPS) is 18.5. The van der Waals surface area contributed by atoms with Gasteiger partial charge in [-0.3, -0.25) is 9.79 Å². The molecule has 9 heteroatoms. The van der Waals surface area contributed by atoms with Gasteiger partial charge in [0.15, 0.2) is 11.7 Å². The van der Waals surface area contributed by atoms with Gasteiger partial charge in [-0.2, -0.15) is 0 Å². The summed E-state index contributed by atoms with van der Waals surface area (Å²) in [7, 11) is 0. The van der Waals surface area contributed by atoms with Crippen LogP contribution in [0.15, 0.2) is 54.0 Å². The first-order valence-electron chi connectivity index (χ1n) is 8.21. The van der Waals surface area contributed by atoms with Crippen LogP contribution in [0.2, 0.25) is 5.15 Å². The molecule has 0 bridgehead atoms. The molecule has 3 aromatic rings. The average molecular weight is 382 g/mol. The molecule has 136 valence electrons. The first kappa shape index (κ1) is 17.2. The Balaban J connectivity index is 1.60. The summed E-state index contributed by atoms with van der Waals surface area (Å²) in [4.78, 5) is 29.1. The lowest BCUT2D eigenvalue weighted by Crippen LogP contribution is -2.37. The van der Waals surface area contributed by atoms with E-state index in [0.29, 0.717) is 23.9 Å². The average Bonchev–Trinajstić information content (AvgIpc) is 3.11. The van der Waals surface area contributed by atoms with Crippen molar-refractivity contribution in [2.24, 2.45) is 10.7 Å². The number of nitrogens with zero attached hydrogens (tertiary/aromatic N) is 5. The van der Waals surface area contributed by atoms with Crippen LogP contribution in [0.25, 0.3) is 0 Å². The fourth-order valence-corrected chi connectivity index (χ4v) is 3.16. The molecule has 1 aliphatic rings. The van der Waals surface area contributed by atoms with Crippen molar-refractivity contribution in [3.05, 3.63) is 71.3 Å². The third-order valence-corrected chi connectivity index (χ3v) is 4.58. The number of halogens is 1. The molecule has 0 radical (unpaired) electrons. The van der Waals surface area contributed by atoms with E-state index in [2.05, 4.69) is 25.3 Å². The van der Waals surface area contributed by atoms with Gasteiger partial charge >= 0.3 is 0 Å². The SMILES string of the molecule is CC1(c2cccc(NC(=O)c3cnc(Cl)cn3)c2)Cn2ccnc2C(N)=N1. The molecule has 27 heavy (non-hydrogen) atoms. The molecule has 0 aliphatic carbocycles. The zero-order chi connectivity index (χ0) is 19.0. The summed E-state index contributed by atoms with van der Waals surface area (Å²) in [5.41, 5.74) is 7.24. The van der Waals surface area contributed by atoms with Gasteiger partial charge in [0.1, 0.15) is 16.4 Å². The number of fused-ring (bicyclic) bond motifs is 1. The summed E-state index contributed by atoms with van der Waals surface area (Å²) in [6, 6.07) is 7.49. The molecule has 8 nitrogen and oxygen atoms in total. The van der Waals surface area contributed by atoms with Crippen LogP contribution in [0.5, 0.6) is 0 Å². The Bertz CT molecular complexity index is 1040. The van der Waals surface area contributed by atoms with E-state index in [1.807, 2.05) is 35.9 Å². The van der Waals surface area contributed by atoms with Crippen molar-refractivity contribution < 1.29 is 4.79 Å². The Hall–Kier alpha value is -3.26. The van der Waals surface area contributed by atoms with Crippen LogP contribution in [-0.2, 0) is 12.1 Å². The van der Waals surface area contributed by atoms with Gasteiger partial charge in [0, 0.05) is 18.1 Å². The lowest BCUT2D eigenvalue weighted by molar-refractivity contribution is 0.102. The zero-order valence-electron chi connectivity index (χ0n) is 14.4. The number of hydrogen-bond acceptors (Lipinski definition) is 6. The van der Waals surface area contributed by atoms with Gasteiger partial charge in [0.2, 0.25) is 0 Å². The summed E-state index contributed by atoms with van der Waals surface area (Å²) in [5, 5.41) is 3.05. The van der Waals surface area contributed by atoms with Gasteiger partial charge in [-0.15, -0.1) is 0 Å². The van der Waals surface area contributed by atoms with Gasteiger partial charge in [-0.25, -0.2) is 15.0 Å². The second-order valence-corrected chi connectivity index (χ2v) is 6.80. The Morgan fingerprint density at radius 3 is 2.93 bits per heavy atom. The first-order chi connectivity index (χ1) is 12.9. The Morgan fingerprint density at radius 2 is 2.15 bits per heavy atom. The van der Waals surface area contributed by atoms with Crippen molar-refractivity contribution in [1.29, 1.82) is 0 Å². The van der Waals surface area contributed by atoms with Crippen molar-refractivity contribution >= 4 is 29.0 Å². The van der Waals surface area contributed by atoms with Crippen LogP contribution in [0.3, 0.4) is 0 Å². The van der Waals surface area contributed by atoms with E-state index in [0.717, 1.165) is 5.56 Å². The molecule has 1 amide bonds. The van der Waals surface area contributed by atoms with Crippen molar-refractivity contribution in [2.45, 2.75) is 19.0 Å². The van der Waals surface area contributed by atoms with Crippen molar-refractivity contribution in [3.8, 4) is 0 Å². The summed E-state index contributed by atoms with van der Waals surface area (Å²) in [6.07, 6.45) is 6.24. The van der Waals surface area contributed by atoms with Crippen LogP contribution < -0.4 is 11.1 Å². The quantitative estimate of drug-likeness (QED) is 0.722. The molecule has 0 fully saturated rings. The number of anilines is 1. The van der Waals surface area contributed by atoms with E-state index in [4.69, 9.17) is 17.3 Å². The lowest BCUT2D eigenvalue weighted by Gasteiger charge is -2.31. The number of amidine groups is 1. The minimum absolute atomic E-state index is 0.180. The molecule has 0 saturated carbocycles. The molecular formula is C18H16ClN7O. The number of aromatic nitrogens is 4. The number of nitrogens with two attached hydrogens (primary N) is 1. The summed E-state index contributed by atoms with van der Waals surface area (Å²) < 4.78 is 1.97. The number of hydrogen-bond donors (Lipinski definition) is 2. The number of nitrogens with one attached hydrogen (secondary N) is 1. The van der Waals surface area contributed by atoms with Gasteiger partial charge in [0.25, 0.3) is 5.91 Å². The largest absolute Gasteiger partial charge is 0.381 e. The Morgan fingerprint density at radius 1 is 1.30 bits per heavy atom. The predicted octanol–water partition coefficient (Wildman–Crippen LogP) is 2.21. The third-order valence-electron chi connectivity index (χ3n) is 4.39. The zero-order valence-corrected chi connectivity index (χ0v) is 15.2. The standard InChI is InChI=1S/C18H16ClN7O/c1-18(10-26-6-5-21-16(26)15(20)25-18)11-3-2-4-12(7-11)24-17(27)13-8-23-14(19)9-22-13/h2-9H,10H2,1H3,(H2,20,25)(H,24,27). The van der Waals surface area contributed by atoms with Gasteiger partial charge in [0.05, 0.1) is 18.9 Å². The number of carbonyl (C=O) groups is 1. The molecule has 0 spiro atoms. The predicted molar refractivity (Wildman–Crippen MR) is 102 cm³/mol. The molecule has 1 aliphatic heterocycles. The monoisotopic (exact) mass is 381 g/mol. The highest BCUT2D eigenvalue weighted by atomic mass is 35.5. The second-order valence-electron chi connectivity index (χ2n) is 6.41. The highest BCUT2D eigenvalue weighted by molar-refractivity contribution is 6.29. The molecular weight excluding hydrogens is 366 g/mol. The number of amides is 1. The molecule has 3 N–H and O–H groups in total. The van der Waals surface area contributed by atoms with E-state index >= 15 is 0 Å². The molecule has 1 atom stereocenters. The summed E-state index contributed by atoms with van der Waals surface area (Å²) in [5.74, 6) is 0.683. The third kappa shape index (κ3) is 3.26. The van der Waals surface area contributed by atoms with Crippen molar-refractivity contribution in [3.63, 3.8) is 0 Å².